The molecule has 0 bridgehead atoms. The Hall–Kier alpha value is -1.87. The van der Waals surface area contributed by atoms with Gasteiger partial charge >= 0.3 is 0 Å². The van der Waals surface area contributed by atoms with Crippen LogP contribution in [0.2, 0.25) is 0 Å². The van der Waals surface area contributed by atoms with Crippen LogP contribution in [0.1, 0.15) is 18.9 Å². The van der Waals surface area contributed by atoms with E-state index in [1.807, 2.05) is 6.92 Å². The van der Waals surface area contributed by atoms with Crippen molar-refractivity contribution in [2.75, 3.05) is 39.8 Å². The number of guanidine groups is 1. The zero-order valence-electron chi connectivity index (χ0n) is 18.4. The van der Waals surface area contributed by atoms with E-state index >= 15 is 0 Å². The molecule has 5 nitrogen and oxygen atoms in total. The van der Waals surface area contributed by atoms with Crippen LogP contribution in [0.4, 0.5) is 4.39 Å². The van der Waals surface area contributed by atoms with Gasteiger partial charge in [-0.3, -0.25) is 4.99 Å². The fraction of sp³-hybridized carbons (Fsp3) is 0.458. The normalized spacial score (nSPS) is 17.6. The van der Waals surface area contributed by atoms with Crippen LogP contribution in [0.15, 0.2) is 59.6 Å². The van der Waals surface area contributed by atoms with E-state index in [4.69, 9.17) is 4.74 Å². The molecular formula is C24H34FIN4O. The van der Waals surface area contributed by atoms with E-state index < -0.39 is 0 Å². The molecule has 31 heavy (non-hydrogen) atoms. The van der Waals surface area contributed by atoms with Crippen molar-refractivity contribution in [1.82, 2.24) is 15.5 Å². The van der Waals surface area contributed by atoms with Gasteiger partial charge in [0, 0.05) is 26.7 Å². The van der Waals surface area contributed by atoms with Gasteiger partial charge in [-0.05, 0) is 49.9 Å². The third-order valence-corrected chi connectivity index (χ3v) is 5.43. The Labute approximate surface area is 202 Å². The molecule has 1 saturated heterocycles. The average Bonchev–Trinajstić information content (AvgIpc) is 3.23. The van der Waals surface area contributed by atoms with Gasteiger partial charge in [-0.2, -0.15) is 0 Å². The lowest BCUT2D eigenvalue weighted by molar-refractivity contribution is 0.214. The molecule has 0 aliphatic carbocycles. The van der Waals surface area contributed by atoms with E-state index in [0.29, 0.717) is 12.5 Å². The molecule has 7 heteroatoms. The molecule has 2 N–H and O–H groups in total. The van der Waals surface area contributed by atoms with Crippen LogP contribution in [-0.2, 0) is 6.42 Å². The van der Waals surface area contributed by atoms with Gasteiger partial charge in [0.15, 0.2) is 17.5 Å². The van der Waals surface area contributed by atoms with Gasteiger partial charge in [0.2, 0.25) is 0 Å². The van der Waals surface area contributed by atoms with Crippen molar-refractivity contribution in [3.05, 3.63) is 66.0 Å². The smallest absolute Gasteiger partial charge is 0.191 e. The number of ether oxygens (including phenoxy) is 1. The number of para-hydroxylation sites is 1. The molecular weight excluding hydrogens is 506 g/mol. The number of hydrogen-bond donors (Lipinski definition) is 2. The van der Waals surface area contributed by atoms with Crippen molar-refractivity contribution in [3.63, 3.8) is 0 Å². The molecule has 0 saturated carbocycles. The lowest BCUT2D eigenvalue weighted by Gasteiger charge is -2.19. The summed E-state index contributed by atoms with van der Waals surface area (Å²) in [5.41, 5.74) is 1.40. The van der Waals surface area contributed by atoms with E-state index in [1.165, 1.54) is 18.1 Å². The zero-order valence-corrected chi connectivity index (χ0v) is 20.7. The van der Waals surface area contributed by atoms with Crippen LogP contribution >= 0.6 is 24.0 Å². The van der Waals surface area contributed by atoms with Crippen molar-refractivity contribution in [1.29, 1.82) is 0 Å². The third kappa shape index (κ3) is 8.65. The summed E-state index contributed by atoms with van der Waals surface area (Å²) < 4.78 is 19.4. The maximum absolute atomic E-state index is 13.7. The lowest BCUT2D eigenvalue weighted by Crippen LogP contribution is -2.43. The fourth-order valence-corrected chi connectivity index (χ4v) is 3.72. The number of nitrogens with one attached hydrogen (secondary N) is 2. The molecule has 0 amide bonds. The molecule has 2 atom stereocenters. The maximum atomic E-state index is 13.7. The third-order valence-electron chi connectivity index (χ3n) is 5.43. The first kappa shape index (κ1) is 25.4. The molecule has 1 heterocycles. The Morgan fingerprint density at radius 2 is 1.90 bits per heavy atom. The minimum absolute atomic E-state index is 0. The monoisotopic (exact) mass is 540 g/mol. The average molecular weight is 540 g/mol. The quantitative estimate of drug-likeness (QED) is 0.288. The second-order valence-corrected chi connectivity index (χ2v) is 7.88. The Kier molecular flexibility index (Phi) is 11.1. The predicted molar refractivity (Wildman–Crippen MR) is 136 cm³/mol. The van der Waals surface area contributed by atoms with Crippen LogP contribution in [0.25, 0.3) is 0 Å². The molecule has 170 valence electrons. The van der Waals surface area contributed by atoms with Gasteiger partial charge < -0.3 is 20.3 Å². The molecule has 2 unspecified atom stereocenters. The summed E-state index contributed by atoms with van der Waals surface area (Å²) in [6.07, 6.45) is 2.12. The summed E-state index contributed by atoms with van der Waals surface area (Å²) in [4.78, 5) is 6.83. The number of nitrogens with zero attached hydrogens (tertiary/aromatic N) is 2. The van der Waals surface area contributed by atoms with Crippen molar-refractivity contribution in [3.8, 4) is 5.75 Å². The van der Waals surface area contributed by atoms with Crippen LogP contribution in [-0.4, -0.2) is 56.7 Å². The first-order valence-electron chi connectivity index (χ1n) is 10.8. The summed E-state index contributed by atoms with van der Waals surface area (Å²) in [6, 6.07) is 17.1. The van der Waals surface area contributed by atoms with E-state index in [1.54, 1.807) is 25.2 Å². The molecule has 2 aromatic rings. The number of halogens is 2. The highest BCUT2D eigenvalue weighted by Gasteiger charge is 2.22. The molecule has 1 aliphatic heterocycles. The molecule has 3 rings (SSSR count). The molecule has 0 spiro atoms. The topological polar surface area (TPSA) is 48.9 Å². The molecule has 0 aromatic heterocycles. The predicted octanol–water partition coefficient (Wildman–Crippen LogP) is 3.94. The maximum Gasteiger partial charge on any atom is 0.191 e. The zero-order chi connectivity index (χ0) is 21.2. The number of rotatable bonds is 9. The Balaban J connectivity index is 0.00000341. The fourth-order valence-electron chi connectivity index (χ4n) is 3.72. The summed E-state index contributed by atoms with van der Waals surface area (Å²) >= 11 is 0. The largest absolute Gasteiger partial charge is 0.486 e. The van der Waals surface area contributed by atoms with E-state index in [9.17, 15) is 4.39 Å². The standard InChI is InChI=1S/C24H33FN4O.HI/c1-19(30-23-11-7-6-10-22(23)25)16-27-24(26-2)28-17-21-13-15-29(18-21)14-12-20-8-4-3-5-9-20;/h3-11,19,21H,12-18H2,1-2H3,(H2,26,27,28);1H. The summed E-state index contributed by atoms with van der Waals surface area (Å²) in [5, 5.41) is 6.69. The van der Waals surface area contributed by atoms with Crippen molar-refractivity contribution in [2.45, 2.75) is 25.9 Å². The molecule has 1 fully saturated rings. The minimum Gasteiger partial charge on any atom is -0.486 e. The summed E-state index contributed by atoms with van der Waals surface area (Å²) in [6.45, 7) is 6.72. The minimum atomic E-state index is -0.343. The van der Waals surface area contributed by atoms with Gasteiger partial charge in [-0.15, -0.1) is 24.0 Å². The van der Waals surface area contributed by atoms with Gasteiger partial charge in [-0.1, -0.05) is 42.5 Å². The highest BCUT2D eigenvalue weighted by Crippen LogP contribution is 2.17. The van der Waals surface area contributed by atoms with Crippen molar-refractivity contribution in [2.24, 2.45) is 10.9 Å². The SMILES string of the molecule is CN=C(NCC1CCN(CCc2ccccc2)C1)NCC(C)Oc1ccccc1F.I. The number of likely N-dealkylation sites (tertiary alicyclic amines) is 1. The molecule has 2 aromatic carbocycles. The Morgan fingerprint density at radius 3 is 2.65 bits per heavy atom. The van der Waals surface area contributed by atoms with Gasteiger partial charge in [0.1, 0.15) is 6.10 Å². The van der Waals surface area contributed by atoms with Crippen molar-refractivity contribution < 1.29 is 9.13 Å². The van der Waals surface area contributed by atoms with Crippen LogP contribution in [0.3, 0.4) is 0 Å². The summed E-state index contributed by atoms with van der Waals surface area (Å²) in [7, 11) is 1.76. The molecule has 1 aliphatic rings. The van der Waals surface area contributed by atoms with Crippen LogP contribution in [0, 0.1) is 11.7 Å². The summed E-state index contributed by atoms with van der Waals surface area (Å²) in [5.74, 6) is 1.30. The van der Waals surface area contributed by atoms with Crippen LogP contribution in [0.5, 0.6) is 5.75 Å². The highest BCUT2D eigenvalue weighted by molar-refractivity contribution is 14.0. The Morgan fingerprint density at radius 1 is 1.16 bits per heavy atom. The second kappa shape index (κ2) is 13.5. The number of benzene rings is 2. The second-order valence-electron chi connectivity index (χ2n) is 7.88. The first-order chi connectivity index (χ1) is 14.6. The van der Waals surface area contributed by atoms with Crippen LogP contribution < -0.4 is 15.4 Å². The van der Waals surface area contributed by atoms with Gasteiger partial charge in [0.25, 0.3) is 0 Å². The highest BCUT2D eigenvalue weighted by atomic mass is 127. The van der Waals surface area contributed by atoms with Gasteiger partial charge in [0.05, 0.1) is 6.54 Å². The van der Waals surface area contributed by atoms with Crippen molar-refractivity contribution >= 4 is 29.9 Å². The molecule has 0 radical (unpaired) electrons. The first-order valence-corrected chi connectivity index (χ1v) is 10.8. The number of aliphatic imine (C=N–C) groups is 1. The van der Waals surface area contributed by atoms with Gasteiger partial charge in [-0.25, -0.2) is 4.39 Å². The van der Waals surface area contributed by atoms with E-state index in [-0.39, 0.29) is 41.6 Å². The van der Waals surface area contributed by atoms with E-state index in [0.717, 1.165) is 38.6 Å². The Bertz CT molecular complexity index is 805. The lowest BCUT2D eigenvalue weighted by atomic mass is 10.1. The van der Waals surface area contributed by atoms with E-state index in [2.05, 4.69) is 50.9 Å². The number of hydrogen-bond acceptors (Lipinski definition) is 3.